The number of esters is 1. The highest BCUT2D eigenvalue weighted by atomic mass is 32.1. The molecule has 5 heteroatoms. The van der Waals surface area contributed by atoms with Gasteiger partial charge in [-0.2, -0.15) is 0 Å². The van der Waals surface area contributed by atoms with E-state index >= 15 is 0 Å². The molecular weight excluding hydrogens is 308 g/mol. The van der Waals surface area contributed by atoms with Crippen LogP contribution >= 0.6 is 11.3 Å². The lowest BCUT2D eigenvalue weighted by molar-refractivity contribution is -0.129. The van der Waals surface area contributed by atoms with Crippen LogP contribution in [0.2, 0.25) is 0 Å². The average Bonchev–Trinajstić information content (AvgIpc) is 3.03. The Morgan fingerprint density at radius 1 is 1.17 bits per heavy atom. The number of benzene rings is 1. The van der Waals surface area contributed by atoms with Crippen LogP contribution in [0.3, 0.4) is 0 Å². The van der Waals surface area contributed by atoms with Crippen molar-refractivity contribution in [3.05, 3.63) is 41.4 Å². The number of carbonyl (C=O) groups excluding carboxylic acids is 1. The van der Waals surface area contributed by atoms with Crippen molar-refractivity contribution in [1.82, 2.24) is 10.2 Å². The molecule has 0 amide bonds. The van der Waals surface area contributed by atoms with Crippen molar-refractivity contribution < 1.29 is 9.53 Å². The number of carbonyl (C=O) groups is 1. The van der Waals surface area contributed by atoms with Gasteiger partial charge >= 0.3 is 5.97 Å². The number of hydrogen-bond donors (Lipinski definition) is 0. The Hall–Kier alpha value is -2.01. The molecule has 2 aromatic rings. The highest BCUT2D eigenvalue weighted by Crippen LogP contribution is 2.26. The molecule has 0 N–H and O–H groups in total. The summed E-state index contributed by atoms with van der Waals surface area (Å²) in [6.45, 7) is 4.16. The summed E-state index contributed by atoms with van der Waals surface area (Å²) < 4.78 is 5.22. The summed E-state index contributed by atoms with van der Waals surface area (Å²) in [5.41, 5.74) is 0.994. The first-order chi connectivity index (χ1) is 11.2. The molecule has 0 fully saturated rings. The molecule has 0 aliphatic carbocycles. The van der Waals surface area contributed by atoms with E-state index in [0.717, 1.165) is 34.8 Å². The van der Waals surface area contributed by atoms with E-state index in [0.29, 0.717) is 5.75 Å². The summed E-state index contributed by atoms with van der Waals surface area (Å²) >= 11 is 1.63. The van der Waals surface area contributed by atoms with Gasteiger partial charge in [-0.1, -0.05) is 44.1 Å². The fourth-order valence-corrected chi connectivity index (χ4v) is 2.91. The van der Waals surface area contributed by atoms with Crippen molar-refractivity contribution in [3.8, 4) is 16.3 Å². The summed E-state index contributed by atoms with van der Waals surface area (Å²) in [7, 11) is 0. The fourth-order valence-electron chi connectivity index (χ4n) is 2.03. The first kappa shape index (κ1) is 17.3. The van der Waals surface area contributed by atoms with E-state index < -0.39 is 0 Å². The van der Waals surface area contributed by atoms with Crippen LogP contribution in [-0.4, -0.2) is 16.2 Å². The van der Waals surface area contributed by atoms with Gasteiger partial charge in [0.05, 0.1) is 0 Å². The molecule has 4 nitrogen and oxygen atoms in total. The zero-order valence-corrected chi connectivity index (χ0v) is 14.4. The van der Waals surface area contributed by atoms with E-state index in [1.165, 1.54) is 18.9 Å². The number of allylic oxidation sites excluding steroid dienone is 1. The minimum atomic E-state index is -0.353. The largest absolute Gasteiger partial charge is 0.423 e. The van der Waals surface area contributed by atoms with Gasteiger partial charge in [0, 0.05) is 18.1 Å². The topological polar surface area (TPSA) is 52.1 Å². The Bertz CT molecular complexity index is 647. The van der Waals surface area contributed by atoms with E-state index in [1.807, 2.05) is 19.1 Å². The molecule has 0 radical (unpaired) electrons. The van der Waals surface area contributed by atoms with Crippen molar-refractivity contribution in [2.24, 2.45) is 0 Å². The molecule has 0 atom stereocenters. The van der Waals surface area contributed by atoms with E-state index in [-0.39, 0.29) is 5.97 Å². The number of rotatable bonds is 8. The highest BCUT2D eigenvalue weighted by molar-refractivity contribution is 7.14. The van der Waals surface area contributed by atoms with Gasteiger partial charge < -0.3 is 4.74 Å². The summed E-state index contributed by atoms with van der Waals surface area (Å²) in [4.78, 5) is 11.5. The summed E-state index contributed by atoms with van der Waals surface area (Å²) in [5, 5.41) is 10.5. The second-order valence-corrected chi connectivity index (χ2v) is 6.28. The van der Waals surface area contributed by atoms with Gasteiger partial charge in [0.15, 0.2) is 0 Å². The molecule has 0 saturated carbocycles. The van der Waals surface area contributed by atoms with Crippen LogP contribution in [0.4, 0.5) is 0 Å². The summed E-state index contributed by atoms with van der Waals surface area (Å²) in [6.07, 6.45) is 8.61. The van der Waals surface area contributed by atoms with Crippen LogP contribution in [0.1, 0.15) is 44.5 Å². The molecule has 2 rings (SSSR count). The van der Waals surface area contributed by atoms with Gasteiger partial charge in [-0.15, -0.1) is 10.2 Å². The van der Waals surface area contributed by atoms with Crippen molar-refractivity contribution in [2.45, 2.75) is 46.0 Å². The molecule has 0 aliphatic rings. The standard InChI is InChI=1S/C18H22N2O2S/c1-3-5-7-8-16-19-20-18(23-16)14-10-12-15(13-11-14)22-17(21)9-6-4-2/h6,9-13H,3-5,7-8H2,1-2H3. The first-order valence-electron chi connectivity index (χ1n) is 8.04. The summed E-state index contributed by atoms with van der Waals surface area (Å²) in [6, 6.07) is 7.38. The maximum Gasteiger partial charge on any atom is 0.335 e. The number of unbranched alkanes of at least 4 members (excludes halogenated alkanes) is 2. The van der Waals surface area contributed by atoms with E-state index in [4.69, 9.17) is 4.74 Å². The molecule has 0 bridgehead atoms. The molecule has 122 valence electrons. The third-order valence-corrected chi connectivity index (χ3v) is 4.30. The zero-order valence-electron chi connectivity index (χ0n) is 13.6. The summed E-state index contributed by atoms with van der Waals surface area (Å²) in [5.74, 6) is 0.181. The Morgan fingerprint density at radius 2 is 1.96 bits per heavy atom. The maximum atomic E-state index is 11.5. The third kappa shape index (κ3) is 5.60. The molecule has 0 spiro atoms. The van der Waals surface area contributed by atoms with Crippen LogP contribution in [0, 0.1) is 0 Å². The van der Waals surface area contributed by atoms with Crippen molar-refractivity contribution in [3.63, 3.8) is 0 Å². The average molecular weight is 330 g/mol. The van der Waals surface area contributed by atoms with Crippen LogP contribution in [0.25, 0.3) is 10.6 Å². The Labute approximate surface area is 141 Å². The molecule has 0 unspecified atom stereocenters. The number of hydrogen-bond acceptors (Lipinski definition) is 5. The van der Waals surface area contributed by atoms with Crippen LogP contribution in [-0.2, 0) is 11.2 Å². The number of aromatic nitrogens is 2. The van der Waals surface area contributed by atoms with E-state index in [1.54, 1.807) is 29.5 Å². The molecule has 1 aromatic carbocycles. The lowest BCUT2D eigenvalue weighted by Crippen LogP contribution is -2.03. The first-order valence-corrected chi connectivity index (χ1v) is 8.85. The fraction of sp³-hybridized carbons (Fsp3) is 0.389. The number of nitrogens with zero attached hydrogens (tertiary/aromatic N) is 2. The van der Waals surface area contributed by atoms with Gasteiger partial charge in [0.25, 0.3) is 0 Å². The predicted molar refractivity (Wildman–Crippen MR) is 93.6 cm³/mol. The second-order valence-electron chi connectivity index (χ2n) is 5.21. The lowest BCUT2D eigenvalue weighted by Gasteiger charge is -2.01. The second kappa shape index (κ2) is 9.20. The maximum absolute atomic E-state index is 11.5. The van der Waals surface area contributed by atoms with Gasteiger partial charge in [-0.05, 0) is 37.1 Å². The smallest absolute Gasteiger partial charge is 0.335 e. The molecule has 0 aliphatic heterocycles. The predicted octanol–water partition coefficient (Wildman–Crippen LogP) is 4.81. The van der Waals surface area contributed by atoms with Crippen molar-refractivity contribution >= 4 is 17.3 Å². The minimum Gasteiger partial charge on any atom is -0.423 e. The molecule has 1 heterocycles. The third-order valence-electron chi connectivity index (χ3n) is 3.27. The number of aryl methyl sites for hydroxylation is 1. The monoisotopic (exact) mass is 330 g/mol. The van der Waals surface area contributed by atoms with Gasteiger partial charge in [-0.25, -0.2) is 4.79 Å². The van der Waals surface area contributed by atoms with Gasteiger partial charge in [0.1, 0.15) is 15.8 Å². The quantitative estimate of drug-likeness (QED) is 0.302. The SMILES string of the molecule is CCC=CC(=O)Oc1ccc(-c2nnc(CCCCC)s2)cc1. The van der Waals surface area contributed by atoms with E-state index in [9.17, 15) is 4.79 Å². The van der Waals surface area contributed by atoms with Gasteiger partial charge in [0.2, 0.25) is 0 Å². The van der Waals surface area contributed by atoms with Gasteiger partial charge in [-0.3, -0.25) is 0 Å². The van der Waals surface area contributed by atoms with Crippen molar-refractivity contribution in [1.29, 1.82) is 0 Å². The molecule has 23 heavy (non-hydrogen) atoms. The van der Waals surface area contributed by atoms with Crippen molar-refractivity contribution in [2.75, 3.05) is 0 Å². The number of ether oxygens (including phenoxy) is 1. The zero-order chi connectivity index (χ0) is 16.5. The Morgan fingerprint density at radius 3 is 2.65 bits per heavy atom. The minimum absolute atomic E-state index is 0.353. The highest BCUT2D eigenvalue weighted by Gasteiger charge is 2.07. The normalized spacial score (nSPS) is 11.0. The van der Waals surface area contributed by atoms with E-state index in [2.05, 4.69) is 17.1 Å². The van der Waals surface area contributed by atoms with Crippen LogP contribution < -0.4 is 4.74 Å². The molecule has 0 saturated heterocycles. The Balaban J connectivity index is 1.96. The molecular formula is C18H22N2O2S. The lowest BCUT2D eigenvalue weighted by atomic mass is 10.2. The van der Waals surface area contributed by atoms with Crippen LogP contribution in [0.15, 0.2) is 36.4 Å². The van der Waals surface area contributed by atoms with Crippen LogP contribution in [0.5, 0.6) is 5.75 Å². The Kier molecular flexibility index (Phi) is 6.94. The molecule has 1 aromatic heterocycles.